The van der Waals surface area contributed by atoms with Crippen molar-refractivity contribution in [3.63, 3.8) is 0 Å². The van der Waals surface area contributed by atoms with Crippen LogP contribution in [-0.4, -0.2) is 17.3 Å². The molecule has 3 rings (SSSR count). The van der Waals surface area contributed by atoms with E-state index in [1.165, 1.54) is 28.3 Å². The molecule has 1 heterocycles. The summed E-state index contributed by atoms with van der Waals surface area (Å²) in [5, 5.41) is 7.03. The normalized spacial score (nSPS) is 16.5. The Balaban J connectivity index is 1.88. The predicted molar refractivity (Wildman–Crippen MR) is 83.1 cm³/mol. The molecule has 100 valence electrons. The Bertz CT molecular complexity index is 544. The van der Waals surface area contributed by atoms with Gasteiger partial charge in [-0.1, -0.05) is 12.1 Å². The Hall–Kier alpha value is -0.840. The van der Waals surface area contributed by atoms with Crippen LogP contribution >= 0.6 is 23.1 Å². The van der Waals surface area contributed by atoms with E-state index in [9.17, 15) is 0 Å². The fourth-order valence-electron chi connectivity index (χ4n) is 2.10. The first-order valence-electron chi connectivity index (χ1n) is 6.58. The first-order valence-corrected chi connectivity index (χ1v) is 8.69. The monoisotopic (exact) mass is 290 g/mol. The molecule has 0 saturated heterocycles. The van der Waals surface area contributed by atoms with E-state index in [4.69, 9.17) is 0 Å². The molecule has 0 radical (unpaired) electrons. The Morgan fingerprint density at radius 3 is 2.58 bits per heavy atom. The van der Waals surface area contributed by atoms with Gasteiger partial charge in [-0.2, -0.15) is 0 Å². The topological polar surface area (TPSA) is 24.9 Å². The molecule has 0 aliphatic heterocycles. The van der Waals surface area contributed by atoms with Crippen LogP contribution in [0.25, 0.3) is 0 Å². The molecule has 1 unspecified atom stereocenters. The molecule has 1 fully saturated rings. The molecular weight excluding hydrogens is 272 g/mol. The van der Waals surface area contributed by atoms with Gasteiger partial charge in [-0.3, -0.25) is 0 Å². The number of thioether (sulfide) groups is 1. The lowest BCUT2D eigenvalue weighted by atomic mass is 10.1. The largest absolute Gasteiger partial charge is 0.301 e. The fourth-order valence-corrected chi connectivity index (χ4v) is 3.39. The highest BCUT2D eigenvalue weighted by molar-refractivity contribution is 7.98. The van der Waals surface area contributed by atoms with Gasteiger partial charge in [0.1, 0.15) is 5.01 Å². The summed E-state index contributed by atoms with van der Waals surface area (Å²) in [6.07, 6.45) is 4.70. The molecule has 1 N–H and O–H groups in total. The summed E-state index contributed by atoms with van der Waals surface area (Å²) in [6.45, 7) is 2.06. The number of thiazole rings is 1. The molecule has 2 nitrogen and oxygen atoms in total. The predicted octanol–water partition coefficient (Wildman–Crippen LogP) is 4.01. The van der Waals surface area contributed by atoms with Crippen LogP contribution in [0.15, 0.2) is 34.5 Å². The minimum absolute atomic E-state index is 0.252. The molecule has 0 bridgehead atoms. The number of aromatic nitrogens is 1. The number of hydrogen-bond donors (Lipinski definition) is 1. The Labute approximate surface area is 122 Å². The summed E-state index contributed by atoms with van der Waals surface area (Å²) in [4.78, 5) is 5.97. The quantitative estimate of drug-likeness (QED) is 0.842. The number of nitrogens with one attached hydrogen (secondary N) is 1. The van der Waals surface area contributed by atoms with Crippen molar-refractivity contribution in [2.24, 2.45) is 0 Å². The first kappa shape index (κ1) is 13.2. The van der Waals surface area contributed by atoms with Crippen LogP contribution in [0, 0.1) is 6.92 Å². The van der Waals surface area contributed by atoms with Crippen molar-refractivity contribution in [1.82, 2.24) is 10.3 Å². The lowest BCUT2D eigenvalue weighted by Crippen LogP contribution is -2.24. The first-order chi connectivity index (χ1) is 9.26. The van der Waals surface area contributed by atoms with Crippen LogP contribution < -0.4 is 5.32 Å². The van der Waals surface area contributed by atoms with Crippen LogP contribution in [0.2, 0.25) is 0 Å². The number of aryl methyl sites for hydroxylation is 1. The molecule has 4 heteroatoms. The Morgan fingerprint density at radius 1 is 1.32 bits per heavy atom. The second-order valence-corrected chi connectivity index (χ2v) is 6.74. The number of nitrogens with zero attached hydrogens (tertiary/aromatic N) is 1. The molecule has 1 aromatic carbocycles. The van der Waals surface area contributed by atoms with Gasteiger partial charge in [0.25, 0.3) is 0 Å². The van der Waals surface area contributed by atoms with Gasteiger partial charge in [0.15, 0.2) is 0 Å². The third kappa shape index (κ3) is 3.19. The van der Waals surface area contributed by atoms with Crippen LogP contribution in [0.4, 0.5) is 0 Å². The van der Waals surface area contributed by atoms with Crippen LogP contribution in [0.1, 0.15) is 35.1 Å². The van der Waals surface area contributed by atoms with Gasteiger partial charge >= 0.3 is 0 Å². The highest BCUT2D eigenvalue weighted by Gasteiger charge is 2.27. The van der Waals surface area contributed by atoms with Crippen molar-refractivity contribution >= 4 is 23.1 Å². The average Bonchev–Trinajstić information content (AvgIpc) is 3.17. The van der Waals surface area contributed by atoms with Crippen molar-refractivity contribution < 1.29 is 0 Å². The maximum Gasteiger partial charge on any atom is 0.114 e. The molecule has 1 aliphatic carbocycles. The third-order valence-electron chi connectivity index (χ3n) is 3.31. The number of hydrogen-bond acceptors (Lipinski definition) is 4. The van der Waals surface area contributed by atoms with Crippen molar-refractivity contribution in [2.75, 3.05) is 6.26 Å². The van der Waals surface area contributed by atoms with Crippen LogP contribution in [-0.2, 0) is 0 Å². The molecule has 0 spiro atoms. The summed E-state index contributed by atoms with van der Waals surface area (Å²) in [5.74, 6) is 0. The van der Waals surface area contributed by atoms with Gasteiger partial charge in [0, 0.05) is 22.0 Å². The summed E-state index contributed by atoms with van der Waals surface area (Å²) in [5.41, 5.74) is 2.43. The summed E-state index contributed by atoms with van der Waals surface area (Å²) >= 11 is 3.54. The van der Waals surface area contributed by atoms with Crippen LogP contribution in [0.3, 0.4) is 0 Å². The summed E-state index contributed by atoms with van der Waals surface area (Å²) in [7, 11) is 0. The second kappa shape index (κ2) is 5.65. The van der Waals surface area contributed by atoms with Crippen LogP contribution in [0.5, 0.6) is 0 Å². The van der Waals surface area contributed by atoms with Gasteiger partial charge in [-0.05, 0) is 43.7 Å². The van der Waals surface area contributed by atoms with Gasteiger partial charge < -0.3 is 5.32 Å². The van der Waals surface area contributed by atoms with E-state index in [0.29, 0.717) is 6.04 Å². The van der Waals surface area contributed by atoms with Crippen molar-refractivity contribution in [3.8, 4) is 0 Å². The highest BCUT2D eigenvalue weighted by Crippen LogP contribution is 2.31. The second-order valence-electron chi connectivity index (χ2n) is 4.97. The van der Waals surface area contributed by atoms with E-state index >= 15 is 0 Å². The molecule has 19 heavy (non-hydrogen) atoms. The fraction of sp³-hybridized carbons (Fsp3) is 0.400. The molecule has 1 aromatic heterocycles. The number of benzene rings is 1. The minimum Gasteiger partial charge on any atom is -0.301 e. The van der Waals surface area contributed by atoms with Crippen molar-refractivity contribution in [2.45, 2.75) is 36.7 Å². The van der Waals surface area contributed by atoms with Crippen molar-refractivity contribution in [1.29, 1.82) is 0 Å². The Kier molecular flexibility index (Phi) is 3.91. The van der Waals surface area contributed by atoms with Gasteiger partial charge in [0.2, 0.25) is 0 Å². The van der Waals surface area contributed by atoms with E-state index in [0.717, 1.165) is 5.69 Å². The average molecular weight is 290 g/mol. The zero-order valence-corrected chi connectivity index (χ0v) is 12.9. The molecule has 1 aliphatic rings. The molecular formula is C15H18N2S2. The maximum absolute atomic E-state index is 4.66. The highest BCUT2D eigenvalue weighted by atomic mass is 32.2. The molecule has 2 aromatic rings. The van der Waals surface area contributed by atoms with E-state index in [1.807, 2.05) is 0 Å². The molecule has 1 atom stereocenters. The summed E-state index contributed by atoms with van der Waals surface area (Å²) < 4.78 is 0. The standard InChI is InChI=1S/C15H18N2S2/c1-10-9-19-15(16-10)14(17-12-5-6-12)11-3-7-13(18-2)8-4-11/h3-4,7-9,12,14,17H,5-6H2,1-2H3. The molecule has 1 saturated carbocycles. The van der Waals surface area contributed by atoms with E-state index in [1.54, 1.807) is 23.1 Å². The third-order valence-corrected chi connectivity index (χ3v) is 5.08. The van der Waals surface area contributed by atoms with Gasteiger partial charge in [-0.25, -0.2) is 4.98 Å². The number of rotatable bonds is 5. The zero-order valence-electron chi connectivity index (χ0n) is 11.2. The van der Waals surface area contributed by atoms with Gasteiger partial charge in [0.05, 0.1) is 6.04 Å². The molecule has 0 amide bonds. The van der Waals surface area contributed by atoms with E-state index in [2.05, 4.69) is 53.1 Å². The van der Waals surface area contributed by atoms with Gasteiger partial charge in [-0.15, -0.1) is 23.1 Å². The summed E-state index contributed by atoms with van der Waals surface area (Å²) in [6, 6.07) is 9.77. The lowest BCUT2D eigenvalue weighted by Gasteiger charge is -2.17. The lowest BCUT2D eigenvalue weighted by molar-refractivity contribution is 0.597. The van der Waals surface area contributed by atoms with E-state index in [-0.39, 0.29) is 6.04 Å². The van der Waals surface area contributed by atoms with Crippen molar-refractivity contribution in [3.05, 3.63) is 45.9 Å². The van der Waals surface area contributed by atoms with E-state index < -0.39 is 0 Å². The SMILES string of the molecule is CSc1ccc(C(NC2CC2)c2nc(C)cs2)cc1. The smallest absolute Gasteiger partial charge is 0.114 e. The minimum atomic E-state index is 0.252. The zero-order chi connectivity index (χ0) is 13.2. The Morgan fingerprint density at radius 2 is 2.05 bits per heavy atom. The maximum atomic E-state index is 4.66.